The number of benzene rings is 1. The Kier molecular flexibility index (Phi) is 5.26. The topological polar surface area (TPSA) is 45.2 Å². The summed E-state index contributed by atoms with van der Waals surface area (Å²) < 4.78 is 0. The largest absolute Gasteiger partial charge is 0.350 e. The van der Waals surface area contributed by atoms with Crippen molar-refractivity contribution in [2.24, 2.45) is 0 Å². The third kappa shape index (κ3) is 4.09. The van der Waals surface area contributed by atoms with Gasteiger partial charge in [-0.3, -0.25) is 9.69 Å². The van der Waals surface area contributed by atoms with Crippen molar-refractivity contribution in [3.63, 3.8) is 0 Å². The fourth-order valence-electron chi connectivity index (χ4n) is 2.99. The maximum Gasteiger partial charge on any atom is 0.252 e. The van der Waals surface area contributed by atoms with E-state index < -0.39 is 0 Å². The number of amides is 1. The lowest BCUT2D eigenvalue weighted by Gasteiger charge is -2.28. The molecule has 1 amide bonds. The average molecular weight is 330 g/mol. The number of nitrogens with zero attached hydrogens (tertiary/aromatic N) is 2. The molecule has 2 heterocycles. The number of carbonyl (C=O) groups excluding carboxylic acids is 1. The first-order valence-electron chi connectivity index (χ1n) is 7.93. The van der Waals surface area contributed by atoms with Gasteiger partial charge in [0.2, 0.25) is 0 Å². The number of pyridine rings is 1. The van der Waals surface area contributed by atoms with Gasteiger partial charge in [-0.1, -0.05) is 41.9 Å². The van der Waals surface area contributed by atoms with Crippen LogP contribution < -0.4 is 5.32 Å². The first-order valence-corrected chi connectivity index (χ1v) is 8.30. The lowest BCUT2D eigenvalue weighted by Crippen LogP contribution is -2.36. The first-order chi connectivity index (χ1) is 11.2. The van der Waals surface area contributed by atoms with E-state index in [0.717, 1.165) is 13.1 Å². The second-order valence-corrected chi connectivity index (χ2v) is 6.14. The van der Waals surface area contributed by atoms with Gasteiger partial charge in [0.25, 0.3) is 5.91 Å². The average Bonchev–Trinajstić information content (AvgIpc) is 3.11. The van der Waals surface area contributed by atoms with Crippen LogP contribution in [0, 0.1) is 0 Å². The Morgan fingerprint density at radius 2 is 1.91 bits per heavy atom. The van der Waals surface area contributed by atoms with E-state index in [0.29, 0.717) is 17.3 Å². The Bertz CT molecular complexity index is 639. The Morgan fingerprint density at radius 1 is 1.17 bits per heavy atom. The van der Waals surface area contributed by atoms with E-state index in [1.165, 1.54) is 24.6 Å². The van der Waals surface area contributed by atoms with E-state index in [1.54, 1.807) is 12.1 Å². The highest BCUT2D eigenvalue weighted by molar-refractivity contribution is 6.29. The van der Waals surface area contributed by atoms with Crippen LogP contribution in [0.3, 0.4) is 0 Å². The number of likely N-dealkylation sites (tertiary alicyclic amines) is 1. The lowest BCUT2D eigenvalue weighted by molar-refractivity contribution is 0.0937. The van der Waals surface area contributed by atoms with Crippen LogP contribution in [-0.2, 0) is 0 Å². The van der Waals surface area contributed by atoms with Gasteiger partial charge >= 0.3 is 0 Å². The summed E-state index contributed by atoms with van der Waals surface area (Å²) in [4.78, 5) is 18.7. The number of halogens is 1. The Labute approximate surface area is 141 Å². The molecule has 0 radical (unpaired) electrons. The van der Waals surface area contributed by atoms with Crippen molar-refractivity contribution in [1.82, 2.24) is 15.2 Å². The van der Waals surface area contributed by atoms with Crippen molar-refractivity contribution in [3.8, 4) is 0 Å². The summed E-state index contributed by atoms with van der Waals surface area (Å²) >= 11 is 5.76. The molecule has 1 aliphatic rings. The zero-order valence-corrected chi connectivity index (χ0v) is 13.7. The number of carbonyl (C=O) groups is 1. The highest BCUT2D eigenvalue weighted by Crippen LogP contribution is 2.24. The van der Waals surface area contributed by atoms with Gasteiger partial charge in [0, 0.05) is 12.7 Å². The van der Waals surface area contributed by atoms with E-state index in [1.807, 2.05) is 18.2 Å². The Hall–Kier alpha value is -1.91. The molecule has 1 unspecified atom stereocenters. The van der Waals surface area contributed by atoms with Crippen molar-refractivity contribution in [2.45, 2.75) is 18.9 Å². The minimum absolute atomic E-state index is 0.116. The third-order valence-corrected chi connectivity index (χ3v) is 4.43. The summed E-state index contributed by atoms with van der Waals surface area (Å²) in [6, 6.07) is 13.9. The molecule has 0 saturated carbocycles. The molecule has 1 saturated heterocycles. The number of rotatable bonds is 5. The number of nitrogens with one attached hydrogen (secondary N) is 1. The molecule has 1 aromatic carbocycles. The molecule has 0 aliphatic carbocycles. The number of aromatic nitrogens is 1. The maximum absolute atomic E-state index is 12.3. The summed E-state index contributed by atoms with van der Waals surface area (Å²) in [6.07, 6.45) is 3.95. The van der Waals surface area contributed by atoms with E-state index in [2.05, 4.69) is 27.3 Å². The normalized spacial score (nSPS) is 16.2. The van der Waals surface area contributed by atoms with E-state index in [-0.39, 0.29) is 11.9 Å². The summed E-state index contributed by atoms with van der Waals surface area (Å²) in [5.41, 5.74) is 1.77. The number of hydrogen-bond donors (Lipinski definition) is 1. The smallest absolute Gasteiger partial charge is 0.252 e. The van der Waals surface area contributed by atoms with Crippen LogP contribution in [0.4, 0.5) is 0 Å². The van der Waals surface area contributed by atoms with Gasteiger partial charge in [-0.25, -0.2) is 4.98 Å². The third-order valence-electron chi connectivity index (χ3n) is 4.21. The minimum atomic E-state index is -0.116. The monoisotopic (exact) mass is 329 g/mol. The molecule has 1 atom stereocenters. The molecule has 4 nitrogen and oxygen atoms in total. The predicted molar refractivity (Wildman–Crippen MR) is 91.6 cm³/mol. The van der Waals surface area contributed by atoms with Gasteiger partial charge in [0.15, 0.2) is 0 Å². The molecule has 5 heteroatoms. The molecular formula is C18H20ClN3O. The maximum atomic E-state index is 12.3. The molecular weight excluding hydrogens is 310 g/mol. The minimum Gasteiger partial charge on any atom is -0.350 e. The molecule has 1 aromatic heterocycles. The first kappa shape index (κ1) is 16.0. The van der Waals surface area contributed by atoms with Gasteiger partial charge in [-0.05, 0) is 43.6 Å². The highest BCUT2D eigenvalue weighted by atomic mass is 35.5. The van der Waals surface area contributed by atoms with Crippen LogP contribution in [0.25, 0.3) is 0 Å². The Morgan fingerprint density at radius 3 is 2.57 bits per heavy atom. The van der Waals surface area contributed by atoms with Crippen molar-refractivity contribution < 1.29 is 4.79 Å². The molecule has 120 valence electrons. The van der Waals surface area contributed by atoms with Gasteiger partial charge < -0.3 is 5.32 Å². The highest BCUT2D eigenvalue weighted by Gasteiger charge is 2.23. The summed E-state index contributed by atoms with van der Waals surface area (Å²) in [5, 5.41) is 3.42. The van der Waals surface area contributed by atoms with Crippen LogP contribution in [0.1, 0.15) is 34.8 Å². The molecule has 0 spiro atoms. The molecule has 3 rings (SSSR count). The van der Waals surface area contributed by atoms with Gasteiger partial charge in [-0.15, -0.1) is 0 Å². The summed E-state index contributed by atoms with van der Waals surface area (Å²) in [5.74, 6) is -0.116. The van der Waals surface area contributed by atoms with Crippen LogP contribution in [0.2, 0.25) is 5.15 Å². The summed E-state index contributed by atoms with van der Waals surface area (Å²) in [7, 11) is 0. The second-order valence-electron chi connectivity index (χ2n) is 5.75. The van der Waals surface area contributed by atoms with Crippen molar-refractivity contribution in [3.05, 3.63) is 64.9 Å². The Balaban J connectivity index is 1.69. The molecule has 1 N–H and O–H groups in total. The molecule has 2 aromatic rings. The lowest BCUT2D eigenvalue weighted by atomic mass is 10.1. The molecule has 1 aliphatic heterocycles. The van der Waals surface area contributed by atoms with Gasteiger partial charge in [0.05, 0.1) is 11.6 Å². The van der Waals surface area contributed by atoms with Crippen molar-refractivity contribution in [2.75, 3.05) is 19.6 Å². The zero-order chi connectivity index (χ0) is 16.1. The van der Waals surface area contributed by atoms with Gasteiger partial charge in [-0.2, -0.15) is 0 Å². The molecule has 23 heavy (non-hydrogen) atoms. The van der Waals surface area contributed by atoms with E-state index in [4.69, 9.17) is 11.6 Å². The van der Waals surface area contributed by atoms with Crippen LogP contribution in [0.15, 0.2) is 48.7 Å². The predicted octanol–water partition coefficient (Wildman–Crippen LogP) is 3.30. The van der Waals surface area contributed by atoms with E-state index >= 15 is 0 Å². The fourth-order valence-corrected chi connectivity index (χ4v) is 3.10. The van der Waals surface area contributed by atoms with Crippen LogP contribution in [-0.4, -0.2) is 35.4 Å². The van der Waals surface area contributed by atoms with Crippen molar-refractivity contribution in [1.29, 1.82) is 0 Å². The standard InChI is InChI=1S/C18H20ClN3O/c19-17-9-8-15(12-20-17)18(23)21-13-16(22-10-4-5-11-22)14-6-2-1-3-7-14/h1-3,6-9,12,16H,4-5,10-11,13H2,(H,21,23). The van der Waals surface area contributed by atoms with Crippen LogP contribution >= 0.6 is 11.6 Å². The van der Waals surface area contributed by atoms with Crippen molar-refractivity contribution >= 4 is 17.5 Å². The summed E-state index contributed by atoms with van der Waals surface area (Å²) in [6.45, 7) is 2.75. The quantitative estimate of drug-likeness (QED) is 0.856. The van der Waals surface area contributed by atoms with Crippen LogP contribution in [0.5, 0.6) is 0 Å². The number of hydrogen-bond acceptors (Lipinski definition) is 3. The van der Waals surface area contributed by atoms with E-state index in [9.17, 15) is 4.79 Å². The fraction of sp³-hybridized carbons (Fsp3) is 0.333. The second kappa shape index (κ2) is 7.57. The zero-order valence-electron chi connectivity index (χ0n) is 12.9. The SMILES string of the molecule is O=C(NCC(c1ccccc1)N1CCCC1)c1ccc(Cl)nc1. The molecule has 1 fully saturated rings. The molecule has 0 bridgehead atoms. The van der Waals surface area contributed by atoms with Gasteiger partial charge in [0.1, 0.15) is 5.15 Å².